The number of nitrogens with zero attached hydrogens (tertiary/aromatic N) is 1. The molecule has 0 radical (unpaired) electrons. The van der Waals surface area contributed by atoms with Crippen LogP contribution in [0.3, 0.4) is 0 Å². The molecule has 0 saturated heterocycles. The number of nitrogens with two attached hydrogens (primary N) is 1. The fourth-order valence-corrected chi connectivity index (χ4v) is 1.47. The lowest BCUT2D eigenvalue weighted by molar-refractivity contribution is 0.150. The van der Waals surface area contributed by atoms with Crippen molar-refractivity contribution in [2.75, 3.05) is 5.73 Å². The molecule has 6 heteroatoms. The number of nitrogen functional groups attached to an aromatic ring is 1. The van der Waals surface area contributed by atoms with Gasteiger partial charge in [-0.1, -0.05) is 0 Å². The number of rotatable bonds is 3. The first kappa shape index (κ1) is 11.1. The van der Waals surface area contributed by atoms with Gasteiger partial charge in [0.25, 0.3) is 6.43 Å². The summed E-state index contributed by atoms with van der Waals surface area (Å²) >= 11 is 5.49. The van der Waals surface area contributed by atoms with Gasteiger partial charge in [-0.15, -0.1) is 11.6 Å². The van der Waals surface area contributed by atoms with Gasteiger partial charge < -0.3 is 10.8 Å². The first-order chi connectivity index (χ1) is 6.61. The largest absolute Gasteiger partial charge is 0.397 e. The Bertz CT molecular complexity index is 333. The zero-order valence-electron chi connectivity index (χ0n) is 7.17. The van der Waals surface area contributed by atoms with E-state index in [4.69, 9.17) is 22.4 Å². The van der Waals surface area contributed by atoms with Crippen molar-refractivity contribution >= 4 is 17.3 Å². The normalized spacial score (nSPS) is 10.9. The van der Waals surface area contributed by atoms with Crippen LogP contribution in [-0.4, -0.2) is 10.1 Å². The van der Waals surface area contributed by atoms with Gasteiger partial charge >= 0.3 is 0 Å². The van der Waals surface area contributed by atoms with E-state index in [1.54, 1.807) is 0 Å². The van der Waals surface area contributed by atoms with Crippen molar-refractivity contribution in [2.45, 2.75) is 18.9 Å². The van der Waals surface area contributed by atoms with E-state index >= 15 is 0 Å². The molecule has 1 aromatic rings. The Kier molecular flexibility index (Phi) is 3.60. The van der Waals surface area contributed by atoms with E-state index in [2.05, 4.69) is 4.98 Å². The number of aliphatic hydroxyl groups excluding tert-OH is 1. The van der Waals surface area contributed by atoms with Crippen molar-refractivity contribution in [3.63, 3.8) is 0 Å². The van der Waals surface area contributed by atoms with Gasteiger partial charge in [0, 0.05) is 17.0 Å². The van der Waals surface area contributed by atoms with E-state index in [0.29, 0.717) is 0 Å². The molecule has 78 valence electrons. The molecule has 0 spiro atoms. The molecule has 0 aromatic carbocycles. The monoisotopic (exact) mass is 222 g/mol. The molecule has 0 aliphatic heterocycles. The zero-order valence-corrected chi connectivity index (χ0v) is 7.93. The zero-order chi connectivity index (χ0) is 10.7. The number of hydrogen-bond donors (Lipinski definition) is 2. The van der Waals surface area contributed by atoms with Crippen LogP contribution >= 0.6 is 11.6 Å². The fourth-order valence-electron chi connectivity index (χ4n) is 1.17. The predicted octanol–water partition coefficient (Wildman–Crippen LogP) is 1.83. The van der Waals surface area contributed by atoms with Gasteiger partial charge in [0.05, 0.1) is 24.2 Å². The van der Waals surface area contributed by atoms with Crippen molar-refractivity contribution in [2.24, 2.45) is 0 Å². The molecule has 3 nitrogen and oxygen atoms in total. The van der Waals surface area contributed by atoms with Gasteiger partial charge in [-0.05, 0) is 0 Å². The van der Waals surface area contributed by atoms with Gasteiger partial charge in [0.1, 0.15) is 0 Å². The van der Waals surface area contributed by atoms with Crippen molar-refractivity contribution in [1.29, 1.82) is 0 Å². The highest BCUT2D eigenvalue weighted by Gasteiger charge is 2.19. The maximum atomic E-state index is 12.5. The van der Waals surface area contributed by atoms with Crippen LogP contribution < -0.4 is 5.73 Å². The summed E-state index contributed by atoms with van der Waals surface area (Å²) in [5, 5.41) is 8.84. The molecule has 1 aromatic heterocycles. The van der Waals surface area contributed by atoms with E-state index in [1.807, 2.05) is 0 Å². The van der Waals surface area contributed by atoms with E-state index in [1.165, 1.54) is 0 Å². The Morgan fingerprint density at radius 2 is 2.21 bits per heavy atom. The summed E-state index contributed by atoms with van der Waals surface area (Å²) in [5.74, 6) is -0.145. The minimum absolute atomic E-state index is 0.104. The molecule has 0 fully saturated rings. The molecule has 14 heavy (non-hydrogen) atoms. The SMILES string of the molecule is Nc1cnc(CO)c(CCl)c1C(F)F. The Morgan fingerprint density at radius 3 is 2.64 bits per heavy atom. The van der Waals surface area contributed by atoms with E-state index in [9.17, 15) is 8.78 Å². The average Bonchev–Trinajstić information content (AvgIpc) is 2.16. The Balaban J connectivity index is 3.35. The van der Waals surface area contributed by atoms with Gasteiger partial charge in [-0.3, -0.25) is 4.98 Å². The summed E-state index contributed by atoms with van der Waals surface area (Å²) in [5.41, 5.74) is 5.16. The molecular weight excluding hydrogens is 214 g/mol. The predicted molar refractivity (Wildman–Crippen MR) is 49.1 cm³/mol. The van der Waals surface area contributed by atoms with Crippen LogP contribution in [0.25, 0.3) is 0 Å². The van der Waals surface area contributed by atoms with Crippen LogP contribution in [0.1, 0.15) is 23.2 Å². The first-order valence-electron chi connectivity index (χ1n) is 3.82. The topological polar surface area (TPSA) is 59.1 Å². The van der Waals surface area contributed by atoms with Gasteiger partial charge in [-0.25, -0.2) is 8.78 Å². The summed E-state index contributed by atoms with van der Waals surface area (Å²) in [6, 6.07) is 0. The van der Waals surface area contributed by atoms with Gasteiger partial charge in [-0.2, -0.15) is 0 Å². The lowest BCUT2D eigenvalue weighted by Gasteiger charge is -2.12. The number of pyridine rings is 1. The van der Waals surface area contributed by atoms with E-state index < -0.39 is 13.0 Å². The smallest absolute Gasteiger partial charge is 0.266 e. The molecule has 0 aliphatic rings. The Morgan fingerprint density at radius 1 is 1.57 bits per heavy atom. The number of halogens is 3. The average molecular weight is 223 g/mol. The summed E-state index contributed by atoms with van der Waals surface area (Å²) in [6.45, 7) is -0.429. The van der Waals surface area contributed by atoms with Crippen LogP contribution in [0, 0.1) is 0 Å². The quantitative estimate of drug-likeness (QED) is 0.768. The highest BCUT2D eigenvalue weighted by molar-refractivity contribution is 6.17. The van der Waals surface area contributed by atoms with E-state index in [-0.39, 0.29) is 28.4 Å². The maximum absolute atomic E-state index is 12.5. The molecule has 1 rings (SSSR count). The second-order valence-corrected chi connectivity index (χ2v) is 2.91. The molecule has 0 atom stereocenters. The Labute approximate surface area is 84.5 Å². The highest BCUT2D eigenvalue weighted by atomic mass is 35.5. The molecule has 0 saturated carbocycles. The summed E-state index contributed by atoms with van der Waals surface area (Å²) in [4.78, 5) is 3.72. The Hall–Kier alpha value is -0.940. The third kappa shape index (κ3) is 1.93. The summed E-state index contributed by atoms with van der Waals surface area (Å²) in [7, 11) is 0. The second kappa shape index (κ2) is 4.52. The highest BCUT2D eigenvalue weighted by Crippen LogP contribution is 2.30. The van der Waals surface area contributed by atoms with Gasteiger partial charge in [0.2, 0.25) is 0 Å². The third-order valence-electron chi connectivity index (χ3n) is 1.85. The van der Waals surface area contributed by atoms with Crippen LogP contribution in [0.15, 0.2) is 6.20 Å². The molecule has 0 aliphatic carbocycles. The third-order valence-corrected chi connectivity index (χ3v) is 2.11. The molecule has 3 N–H and O–H groups in total. The fraction of sp³-hybridized carbons (Fsp3) is 0.375. The molecule has 0 unspecified atom stereocenters. The number of anilines is 1. The number of aromatic nitrogens is 1. The minimum atomic E-state index is -2.71. The first-order valence-corrected chi connectivity index (χ1v) is 4.36. The van der Waals surface area contributed by atoms with E-state index in [0.717, 1.165) is 6.20 Å². The molecular formula is C8H9ClF2N2O. The summed E-state index contributed by atoms with van der Waals surface area (Å²) in [6.07, 6.45) is -1.61. The maximum Gasteiger partial charge on any atom is 0.266 e. The number of alkyl halides is 3. The van der Waals surface area contributed by atoms with Crippen molar-refractivity contribution < 1.29 is 13.9 Å². The summed E-state index contributed by atoms with van der Waals surface area (Å²) < 4.78 is 25.1. The number of hydrogen-bond acceptors (Lipinski definition) is 3. The second-order valence-electron chi connectivity index (χ2n) is 2.64. The molecule has 0 bridgehead atoms. The van der Waals surface area contributed by atoms with Gasteiger partial charge in [0.15, 0.2) is 0 Å². The lowest BCUT2D eigenvalue weighted by atomic mass is 10.1. The van der Waals surface area contributed by atoms with Crippen molar-refractivity contribution in [3.8, 4) is 0 Å². The lowest BCUT2D eigenvalue weighted by Crippen LogP contribution is -2.06. The number of aliphatic hydroxyl groups is 1. The van der Waals surface area contributed by atoms with Crippen LogP contribution in [0.2, 0.25) is 0 Å². The van der Waals surface area contributed by atoms with Crippen LogP contribution in [-0.2, 0) is 12.5 Å². The van der Waals surface area contributed by atoms with Crippen LogP contribution in [0.4, 0.5) is 14.5 Å². The minimum Gasteiger partial charge on any atom is -0.397 e. The standard InChI is InChI=1S/C8H9ClF2N2O/c9-1-4-6(3-14)13-2-5(12)7(4)8(10)11/h2,8,14H,1,3,12H2. The van der Waals surface area contributed by atoms with Crippen molar-refractivity contribution in [3.05, 3.63) is 23.0 Å². The van der Waals surface area contributed by atoms with Crippen LogP contribution in [0.5, 0.6) is 0 Å². The van der Waals surface area contributed by atoms with Crippen molar-refractivity contribution in [1.82, 2.24) is 4.98 Å². The molecule has 1 heterocycles. The molecule has 0 amide bonds.